The van der Waals surface area contributed by atoms with Crippen molar-refractivity contribution in [3.05, 3.63) is 35.4 Å². The van der Waals surface area contributed by atoms with Gasteiger partial charge in [-0.2, -0.15) is 0 Å². The van der Waals surface area contributed by atoms with Gasteiger partial charge in [-0.3, -0.25) is 4.79 Å². The quantitative estimate of drug-likeness (QED) is 0.844. The number of hydrogen-bond acceptors (Lipinski definition) is 3. The fourth-order valence-electron chi connectivity index (χ4n) is 3.24. The Morgan fingerprint density at radius 3 is 2.67 bits per heavy atom. The second-order valence-corrected chi connectivity index (χ2v) is 6.69. The third-order valence-corrected chi connectivity index (χ3v) is 4.73. The Bertz CT molecular complexity index is 482. The lowest BCUT2D eigenvalue weighted by atomic mass is 9.73. The van der Waals surface area contributed by atoms with Crippen LogP contribution in [0, 0.1) is 5.41 Å². The number of hydrogen-bond donors (Lipinski definition) is 1. The van der Waals surface area contributed by atoms with Crippen molar-refractivity contribution >= 4 is 5.97 Å². The van der Waals surface area contributed by atoms with Crippen LogP contribution in [0.4, 0.5) is 0 Å². The van der Waals surface area contributed by atoms with Gasteiger partial charge < -0.3 is 10.1 Å². The Labute approximate surface area is 128 Å². The van der Waals surface area contributed by atoms with Gasteiger partial charge in [0.15, 0.2) is 0 Å². The monoisotopic (exact) mass is 289 g/mol. The highest BCUT2D eigenvalue weighted by Gasteiger charge is 2.31. The third kappa shape index (κ3) is 4.31. The molecule has 0 heterocycles. The second-order valence-electron chi connectivity index (χ2n) is 6.69. The van der Waals surface area contributed by atoms with E-state index < -0.39 is 0 Å². The number of benzene rings is 1. The average Bonchev–Trinajstić information content (AvgIpc) is 2.47. The molecule has 1 atom stereocenters. The summed E-state index contributed by atoms with van der Waals surface area (Å²) in [5, 5.41) is 3.71. The van der Waals surface area contributed by atoms with Crippen molar-refractivity contribution in [3.63, 3.8) is 0 Å². The van der Waals surface area contributed by atoms with Crippen LogP contribution in [-0.4, -0.2) is 19.1 Å². The van der Waals surface area contributed by atoms with Crippen LogP contribution in [0.5, 0.6) is 0 Å². The van der Waals surface area contributed by atoms with E-state index >= 15 is 0 Å². The van der Waals surface area contributed by atoms with Gasteiger partial charge in [0.05, 0.1) is 13.5 Å². The van der Waals surface area contributed by atoms with Crippen LogP contribution in [0.1, 0.15) is 50.7 Å². The van der Waals surface area contributed by atoms with Crippen LogP contribution >= 0.6 is 0 Å². The lowest BCUT2D eigenvalue weighted by molar-refractivity contribution is -0.139. The van der Waals surface area contributed by atoms with Gasteiger partial charge in [-0.1, -0.05) is 51.0 Å². The molecule has 0 radical (unpaired) electrons. The minimum Gasteiger partial charge on any atom is -0.469 e. The second kappa shape index (κ2) is 7.08. The molecule has 0 spiro atoms. The lowest BCUT2D eigenvalue weighted by Gasteiger charge is -2.39. The topological polar surface area (TPSA) is 38.3 Å². The zero-order chi connectivity index (χ0) is 15.3. The summed E-state index contributed by atoms with van der Waals surface area (Å²) >= 11 is 0. The predicted molar refractivity (Wildman–Crippen MR) is 85.0 cm³/mol. The molecule has 0 bridgehead atoms. The van der Waals surface area contributed by atoms with Crippen LogP contribution in [0.2, 0.25) is 0 Å². The Morgan fingerprint density at radius 2 is 2.00 bits per heavy atom. The Balaban J connectivity index is 2.01. The molecule has 3 heteroatoms. The molecular weight excluding hydrogens is 262 g/mol. The van der Waals surface area contributed by atoms with Crippen molar-refractivity contribution in [1.82, 2.24) is 5.32 Å². The van der Waals surface area contributed by atoms with Gasteiger partial charge in [0.25, 0.3) is 0 Å². The highest BCUT2D eigenvalue weighted by atomic mass is 16.5. The van der Waals surface area contributed by atoms with Crippen LogP contribution < -0.4 is 5.32 Å². The van der Waals surface area contributed by atoms with Gasteiger partial charge in [0.1, 0.15) is 0 Å². The summed E-state index contributed by atoms with van der Waals surface area (Å²) < 4.78 is 4.78. The molecule has 1 aliphatic carbocycles. The Kier molecular flexibility index (Phi) is 5.40. The van der Waals surface area contributed by atoms with E-state index in [1.54, 1.807) is 0 Å². The highest BCUT2D eigenvalue weighted by Crippen LogP contribution is 2.35. The van der Waals surface area contributed by atoms with Crippen molar-refractivity contribution in [2.75, 3.05) is 7.11 Å². The molecule has 2 rings (SSSR count). The molecule has 0 saturated heterocycles. The zero-order valence-corrected chi connectivity index (χ0v) is 13.4. The molecule has 0 aliphatic heterocycles. The molecule has 1 aromatic rings. The molecular formula is C18H27NO2. The van der Waals surface area contributed by atoms with E-state index in [1.165, 1.54) is 38.4 Å². The third-order valence-electron chi connectivity index (χ3n) is 4.73. The number of nitrogens with one attached hydrogen (secondary N) is 1. The van der Waals surface area contributed by atoms with Gasteiger partial charge in [-0.15, -0.1) is 0 Å². The maximum atomic E-state index is 11.5. The van der Waals surface area contributed by atoms with Crippen molar-refractivity contribution in [3.8, 4) is 0 Å². The molecule has 0 aromatic heterocycles. The smallest absolute Gasteiger partial charge is 0.309 e. The van der Waals surface area contributed by atoms with Crippen molar-refractivity contribution in [1.29, 1.82) is 0 Å². The fourth-order valence-corrected chi connectivity index (χ4v) is 3.24. The molecule has 3 nitrogen and oxygen atoms in total. The minimum absolute atomic E-state index is 0.180. The molecule has 1 aliphatic rings. The van der Waals surface area contributed by atoms with Crippen molar-refractivity contribution < 1.29 is 9.53 Å². The first-order valence-corrected chi connectivity index (χ1v) is 7.90. The van der Waals surface area contributed by atoms with Gasteiger partial charge in [-0.25, -0.2) is 0 Å². The van der Waals surface area contributed by atoms with E-state index in [9.17, 15) is 4.79 Å². The van der Waals surface area contributed by atoms with E-state index in [1.807, 2.05) is 18.2 Å². The van der Waals surface area contributed by atoms with E-state index in [2.05, 4.69) is 25.2 Å². The summed E-state index contributed by atoms with van der Waals surface area (Å²) in [6, 6.07) is 8.68. The first kappa shape index (κ1) is 16.0. The highest BCUT2D eigenvalue weighted by molar-refractivity contribution is 5.72. The van der Waals surface area contributed by atoms with Gasteiger partial charge in [0, 0.05) is 12.6 Å². The first-order valence-electron chi connectivity index (χ1n) is 7.90. The summed E-state index contributed by atoms with van der Waals surface area (Å²) in [4.78, 5) is 11.5. The van der Waals surface area contributed by atoms with E-state index in [0.29, 0.717) is 17.9 Å². The maximum Gasteiger partial charge on any atom is 0.309 e. The summed E-state index contributed by atoms with van der Waals surface area (Å²) in [6.45, 7) is 5.52. The van der Waals surface area contributed by atoms with E-state index in [4.69, 9.17) is 4.74 Å². The van der Waals surface area contributed by atoms with Crippen LogP contribution in [-0.2, 0) is 22.5 Å². The lowest BCUT2D eigenvalue weighted by Crippen LogP contribution is -2.43. The molecule has 0 amide bonds. The number of rotatable bonds is 5. The van der Waals surface area contributed by atoms with E-state index in [-0.39, 0.29) is 5.97 Å². The average molecular weight is 289 g/mol. The normalized spacial score (nSPS) is 21.0. The van der Waals surface area contributed by atoms with Gasteiger partial charge >= 0.3 is 5.97 Å². The summed E-state index contributed by atoms with van der Waals surface area (Å²) in [7, 11) is 1.44. The zero-order valence-electron chi connectivity index (χ0n) is 13.4. The number of esters is 1. The molecule has 1 N–H and O–H groups in total. The number of carbonyl (C=O) groups is 1. The molecule has 1 unspecified atom stereocenters. The minimum atomic E-state index is -0.180. The predicted octanol–water partition coefficient (Wildman–Crippen LogP) is 3.46. The van der Waals surface area contributed by atoms with Crippen LogP contribution in [0.25, 0.3) is 0 Å². The van der Waals surface area contributed by atoms with Crippen molar-refractivity contribution in [2.45, 2.75) is 58.5 Å². The SMILES string of the molecule is COC(=O)Cc1ccccc1CNC1CCCCC1(C)C. The maximum absolute atomic E-state index is 11.5. The number of carbonyl (C=O) groups excluding carboxylic acids is 1. The summed E-state index contributed by atoms with van der Waals surface area (Å²) in [6.07, 6.45) is 5.53. The number of ether oxygens (including phenoxy) is 1. The Morgan fingerprint density at radius 1 is 1.29 bits per heavy atom. The first-order chi connectivity index (χ1) is 10.0. The molecule has 1 fully saturated rings. The summed E-state index contributed by atoms with van der Waals surface area (Å²) in [5.41, 5.74) is 2.62. The molecule has 1 saturated carbocycles. The van der Waals surface area contributed by atoms with Gasteiger partial charge in [-0.05, 0) is 29.4 Å². The number of methoxy groups -OCH3 is 1. The van der Waals surface area contributed by atoms with Crippen LogP contribution in [0.15, 0.2) is 24.3 Å². The summed E-state index contributed by atoms with van der Waals surface area (Å²) in [5.74, 6) is -0.180. The fraction of sp³-hybridized carbons (Fsp3) is 0.611. The molecule has 116 valence electrons. The largest absolute Gasteiger partial charge is 0.469 e. The van der Waals surface area contributed by atoms with Crippen molar-refractivity contribution in [2.24, 2.45) is 5.41 Å². The standard InChI is InChI=1S/C18H27NO2/c1-18(2)11-7-6-10-16(18)19-13-15-9-5-4-8-14(15)12-17(20)21-3/h4-5,8-9,16,19H,6-7,10-13H2,1-3H3. The van der Waals surface area contributed by atoms with Crippen LogP contribution in [0.3, 0.4) is 0 Å². The van der Waals surface area contributed by atoms with Gasteiger partial charge in [0.2, 0.25) is 0 Å². The molecule has 1 aromatic carbocycles. The molecule has 21 heavy (non-hydrogen) atoms. The Hall–Kier alpha value is -1.35. The van der Waals surface area contributed by atoms with E-state index in [0.717, 1.165) is 12.1 Å².